The van der Waals surface area contributed by atoms with E-state index in [0.717, 1.165) is 18.1 Å². The maximum atomic E-state index is 13.6. The van der Waals surface area contributed by atoms with Crippen LogP contribution in [0.1, 0.15) is 29.3 Å². The van der Waals surface area contributed by atoms with Gasteiger partial charge in [0.15, 0.2) is 11.8 Å². The lowest BCUT2D eigenvalue weighted by Gasteiger charge is -2.30. The molecule has 3 aromatic rings. The van der Waals surface area contributed by atoms with Gasteiger partial charge < -0.3 is 9.64 Å². The fourth-order valence-corrected chi connectivity index (χ4v) is 3.88. The molecule has 1 aliphatic heterocycles. The number of aromatic nitrogens is 3. The van der Waals surface area contributed by atoms with Gasteiger partial charge in [-0.25, -0.2) is 0 Å². The first kappa shape index (κ1) is 20.2. The zero-order chi connectivity index (χ0) is 21.6. The first-order valence-corrected chi connectivity index (χ1v) is 9.59. The summed E-state index contributed by atoms with van der Waals surface area (Å²) in [4.78, 5) is 18.7. The van der Waals surface area contributed by atoms with E-state index in [4.69, 9.17) is 4.74 Å². The minimum Gasteiger partial charge on any atom is -0.464 e. The first-order chi connectivity index (χ1) is 14.1. The molecule has 3 heterocycles. The number of nitrogens with zero attached hydrogens (tertiary/aromatic N) is 4. The minimum atomic E-state index is -4.60. The highest BCUT2D eigenvalue weighted by Crippen LogP contribution is 2.37. The molecule has 2 aromatic heterocycles. The number of rotatable bonds is 3. The number of carbonyl (C=O) groups excluding carboxylic acids is 1. The number of amides is 1. The van der Waals surface area contributed by atoms with E-state index < -0.39 is 17.8 Å². The summed E-state index contributed by atoms with van der Waals surface area (Å²) in [7, 11) is 1.52. The van der Waals surface area contributed by atoms with E-state index in [1.54, 1.807) is 4.90 Å². The van der Waals surface area contributed by atoms with Crippen molar-refractivity contribution in [3.05, 3.63) is 52.7 Å². The summed E-state index contributed by atoms with van der Waals surface area (Å²) in [5, 5.41) is 3.97. The van der Waals surface area contributed by atoms with Crippen LogP contribution >= 0.6 is 0 Å². The van der Waals surface area contributed by atoms with Crippen LogP contribution in [0.5, 0.6) is 5.88 Å². The van der Waals surface area contributed by atoms with Crippen molar-refractivity contribution in [2.75, 3.05) is 6.54 Å². The molecule has 0 saturated carbocycles. The first-order valence-electron chi connectivity index (χ1n) is 9.59. The van der Waals surface area contributed by atoms with Gasteiger partial charge in [0.05, 0.1) is 16.6 Å². The van der Waals surface area contributed by atoms with Crippen LogP contribution in [0.15, 0.2) is 30.3 Å². The third-order valence-corrected chi connectivity index (χ3v) is 5.34. The van der Waals surface area contributed by atoms with Crippen molar-refractivity contribution in [3.8, 4) is 5.88 Å². The average Bonchev–Trinajstić information content (AvgIpc) is 2.99. The number of alkyl halides is 3. The second kappa shape index (κ2) is 7.30. The Hall–Kier alpha value is -3.10. The number of carbonyl (C=O) groups is 1. The van der Waals surface area contributed by atoms with Gasteiger partial charge >= 0.3 is 6.18 Å². The Kier molecular flexibility index (Phi) is 4.91. The molecule has 0 spiro atoms. The topological polar surface area (TPSA) is 60.2 Å². The third kappa shape index (κ3) is 3.59. The zero-order valence-corrected chi connectivity index (χ0v) is 16.8. The fourth-order valence-electron chi connectivity index (χ4n) is 3.88. The Morgan fingerprint density at radius 2 is 1.93 bits per heavy atom. The fraction of sp³-hybridized carbons (Fsp3) is 0.381. The predicted octanol–water partition coefficient (Wildman–Crippen LogP) is 3.65. The van der Waals surface area contributed by atoms with E-state index >= 15 is 0 Å². The van der Waals surface area contributed by atoms with Crippen molar-refractivity contribution >= 4 is 16.9 Å². The molecule has 0 N–H and O–H groups in total. The van der Waals surface area contributed by atoms with Crippen LogP contribution in [-0.2, 0) is 31.0 Å². The van der Waals surface area contributed by atoms with E-state index in [9.17, 15) is 18.0 Å². The monoisotopic (exact) mass is 418 g/mol. The summed E-state index contributed by atoms with van der Waals surface area (Å²) in [6.45, 7) is 4.01. The van der Waals surface area contributed by atoms with Crippen molar-refractivity contribution in [3.63, 3.8) is 0 Å². The smallest absolute Gasteiger partial charge is 0.417 e. The summed E-state index contributed by atoms with van der Waals surface area (Å²) in [6.07, 6.45) is -4.85. The Balaban J connectivity index is 1.59. The number of ether oxygens (including phenoxy) is 1. The van der Waals surface area contributed by atoms with Crippen LogP contribution < -0.4 is 4.74 Å². The van der Waals surface area contributed by atoms with E-state index in [1.165, 1.54) is 31.1 Å². The molecule has 30 heavy (non-hydrogen) atoms. The molecule has 9 heteroatoms. The molecular weight excluding hydrogens is 397 g/mol. The molecule has 0 unspecified atom stereocenters. The van der Waals surface area contributed by atoms with Crippen molar-refractivity contribution in [2.24, 2.45) is 7.05 Å². The van der Waals surface area contributed by atoms with Crippen molar-refractivity contribution in [2.45, 2.75) is 39.1 Å². The number of hydrogen-bond acceptors (Lipinski definition) is 4. The van der Waals surface area contributed by atoms with Gasteiger partial charge in [0, 0.05) is 26.2 Å². The molecule has 1 atom stereocenters. The predicted molar refractivity (Wildman–Crippen MR) is 104 cm³/mol. The summed E-state index contributed by atoms with van der Waals surface area (Å²) in [6, 6.07) is 8.72. The number of fused-ring (bicyclic) bond motifs is 2. The Bertz CT molecular complexity index is 1120. The molecule has 1 aromatic carbocycles. The van der Waals surface area contributed by atoms with E-state index in [1.807, 2.05) is 24.3 Å². The average molecular weight is 418 g/mol. The molecule has 6 nitrogen and oxygen atoms in total. The van der Waals surface area contributed by atoms with Crippen molar-refractivity contribution < 1.29 is 22.7 Å². The van der Waals surface area contributed by atoms with Gasteiger partial charge in [-0.3, -0.25) is 9.48 Å². The van der Waals surface area contributed by atoms with Gasteiger partial charge in [-0.05, 0) is 31.4 Å². The van der Waals surface area contributed by atoms with Crippen LogP contribution in [0.4, 0.5) is 13.2 Å². The largest absolute Gasteiger partial charge is 0.464 e. The lowest BCUT2D eigenvalue weighted by Crippen LogP contribution is -2.43. The summed E-state index contributed by atoms with van der Waals surface area (Å²) in [5.41, 5.74) is 1.68. The van der Waals surface area contributed by atoms with E-state index in [0.29, 0.717) is 13.1 Å². The van der Waals surface area contributed by atoms with Crippen molar-refractivity contribution in [1.29, 1.82) is 0 Å². The van der Waals surface area contributed by atoms with Gasteiger partial charge in [-0.2, -0.15) is 23.3 Å². The zero-order valence-electron chi connectivity index (χ0n) is 16.8. The number of pyridine rings is 1. The number of halogens is 3. The Labute approximate surface area is 171 Å². The summed E-state index contributed by atoms with van der Waals surface area (Å²) < 4.78 is 47.7. The highest BCUT2D eigenvalue weighted by atomic mass is 19.4. The molecule has 0 radical (unpaired) electrons. The van der Waals surface area contributed by atoms with Crippen LogP contribution in [-0.4, -0.2) is 38.2 Å². The van der Waals surface area contributed by atoms with Crippen LogP contribution in [0.3, 0.4) is 0 Å². The van der Waals surface area contributed by atoms with Crippen LogP contribution in [0.2, 0.25) is 0 Å². The summed E-state index contributed by atoms with van der Waals surface area (Å²) in [5.74, 6) is -0.544. The van der Waals surface area contributed by atoms with Crippen LogP contribution in [0.25, 0.3) is 11.0 Å². The molecule has 4 rings (SSSR count). The third-order valence-electron chi connectivity index (χ3n) is 5.34. The highest BCUT2D eigenvalue weighted by molar-refractivity contribution is 5.84. The molecule has 0 saturated heterocycles. The summed E-state index contributed by atoms with van der Waals surface area (Å²) >= 11 is 0. The molecule has 0 bridgehead atoms. The maximum Gasteiger partial charge on any atom is 0.417 e. The highest BCUT2D eigenvalue weighted by Gasteiger charge is 2.36. The minimum absolute atomic E-state index is 0.0591. The molecule has 1 aliphatic rings. The second-order valence-electron chi connectivity index (χ2n) is 7.45. The van der Waals surface area contributed by atoms with E-state index in [-0.39, 0.29) is 28.5 Å². The maximum absolute atomic E-state index is 13.6. The lowest BCUT2D eigenvalue weighted by molar-refractivity contribution is -0.139. The number of aryl methyl sites for hydroxylation is 2. The van der Waals surface area contributed by atoms with Gasteiger partial charge in [0.25, 0.3) is 5.91 Å². The molecule has 158 valence electrons. The number of hydrogen-bond donors (Lipinski definition) is 0. The Morgan fingerprint density at radius 3 is 2.63 bits per heavy atom. The van der Waals surface area contributed by atoms with Crippen LogP contribution in [0, 0.1) is 6.92 Å². The van der Waals surface area contributed by atoms with E-state index in [2.05, 4.69) is 10.1 Å². The SMILES string of the molecule is Cc1nn(C)c2nc(O[C@@H](C)C(=O)N3CCc4ccccc4C3)cc(C(F)(F)F)c12. The quantitative estimate of drug-likeness (QED) is 0.652. The Morgan fingerprint density at radius 1 is 1.23 bits per heavy atom. The van der Waals surface area contributed by atoms with Gasteiger partial charge in [-0.1, -0.05) is 24.3 Å². The molecule has 0 aliphatic carbocycles. The van der Waals surface area contributed by atoms with Gasteiger partial charge in [0.2, 0.25) is 5.88 Å². The second-order valence-corrected chi connectivity index (χ2v) is 7.45. The molecular formula is C21H21F3N4O2. The van der Waals surface area contributed by atoms with Gasteiger partial charge in [0.1, 0.15) is 0 Å². The normalized spacial score (nSPS) is 15.2. The standard InChI is InChI=1S/C21H21F3N4O2/c1-12-18-16(21(22,23)24)10-17(25-19(18)27(3)26-12)30-13(2)20(29)28-9-8-14-6-4-5-7-15(14)11-28/h4-7,10,13H,8-9,11H2,1-3H3/t13-/m0/s1. The van der Waals surface area contributed by atoms with Crippen molar-refractivity contribution in [1.82, 2.24) is 19.7 Å². The number of benzene rings is 1. The van der Waals surface area contributed by atoms with Gasteiger partial charge in [-0.15, -0.1) is 0 Å². The molecule has 1 amide bonds. The molecule has 0 fully saturated rings. The lowest BCUT2D eigenvalue weighted by atomic mass is 9.99.